The molecule has 1 aromatic carbocycles. The standard InChI is InChI=1S/C16H16N2/c1-13-5-7-15(8-6-13)16(2,12-17)10-14-4-3-9-18-11-14/h3-9,11H,10H2,1-2H3. The van der Waals surface area contributed by atoms with Gasteiger partial charge in [-0.15, -0.1) is 0 Å². The number of hydrogen-bond acceptors (Lipinski definition) is 2. The van der Waals surface area contributed by atoms with Gasteiger partial charge in [0.05, 0.1) is 11.5 Å². The summed E-state index contributed by atoms with van der Waals surface area (Å²) < 4.78 is 0. The molecule has 1 atom stereocenters. The molecule has 0 aliphatic heterocycles. The van der Waals surface area contributed by atoms with Gasteiger partial charge in [-0.2, -0.15) is 5.26 Å². The molecule has 0 N–H and O–H groups in total. The molecule has 0 radical (unpaired) electrons. The highest BCUT2D eigenvalue weighted by molar-refractivity contribution is 5.35. The van der Waals surface area contributed by atoms with Crippen molar-refractivity contribution in [1.82, 2.24) is 4.98 Å². The van der Waals surface area contributed by atoms with Crippen molar-refractivity contribution in [3.05, 3.63) is 65.5 Å². The summed E-state index contributed by atoms with van der Waals surface area (Å²) in [5.74, 6) is 0. The maximum absolute atomic E-state index is 9.50. The minimum Gasteiger partial charge on any atom is -0.264 e. The lowest BCUT2D eigenvalue weighted by molar-refractivity contribution is 0.605. The topological polar surface area (TPSA) is 36.7 Å². The molecule has 2 nitrogen and oxygen atoms in total. The summed E-state index contributed by atoms with van der Waals surface area (Å²) in [6.07, 6.45) is 4.25. The number of hydrogen-bond donors (Lipinski definition) is 0. The molecular formula is C16H16N2. The van der Waals surface area contributed by atoms with E-state index in [1.165, 1.54) is 5.56 Å². The molecule has 1 aromatic heterocycles. The summed E-state index contributed by atoms with van der Waals surface area (Å²) in [7, 11) is 0. The second-order valence-corrected chi connectivity index (χ2v) is 4.85. The van der Waals surface area contributed by atoms with E-state index in [0.717, 1.165) is 11.1 Å². The van der Waals surface area contributed by atoms with Crippen LogP contribution in [0.4, 0.5) is 0 Å². The van der Waals surface area contributed by atoms with Gasteiger partial charge in [0.2, 0.25) is 0 Å². The molecule has 0 spiro atoms. The van der Waals surface area contributed by atoms with Gasteiger partial charge in [0.25, 0.3) is 0 Å². The normalized spacial score (nSPS) is 13.6. The van der Waals surface area contributed by atoms with Crippen molar-refractivity contribution < 1.29 is 0 Å². The predicted molar refractivity (Wildman–Crippen MR) is 72.1 cm³/mol. The van der Waals surface area contributed by atoms with Crippen molar-refractivity contribution in [3.8, 4) is 6.07 Å². The van der Waals surface area contributed by atoms with E-state index in [9.17, 15) is 5.26 Å². The van der Waals surface area contributed by atoms with Gasteiger partial charge in [0.15, 0.2) is 0 Å². The van der Waals surface area contributed by atoms with E-state index in [4.69, 9.17) is 0 Å². The Hall–Kier alpha value is -2.14. The fourth-order valence-corrected chi connectivity index (χ4v) is 2.04. The smallest absolute Gasteiger partial charge is 0.0835 e. The third-order valence-corrected chi connectivity index (χ3v) is 3.22. The Kier molecular flexibility index (Phi) is 3.43. The Morgan fingerprint density at radius 2 is 1.94 bits per heavy atom. The number of pyridine rings is 1. The van der Waals surface area contributed by atoms with Gasteiger partial charge in [-0.1, -0.05) is 35.9 Å². The zero-order chi connectivity index (χ0) is 13.0. The molecule has 18 heavy (non-hydrogen) atoms. The molecule has 0 aliphatic carbocycles. The Morgan fingerprint density at radius 3 is 2.50 bits per heavy atom. The van der Waals surface area contributed by atoms with Gasteiger partial charge in [0.1, 0.15) is 0 Å². The fourth-order valence-electron chi connectivity index (χ4n) is 2.04. The molecule has 2 rings (SSSR count). The Bertz CT molecular complexity index is 552. The van der Waals surface area contributed by atoms with Crippen molar-refractivity contribution in [2.24, 2.45) is 0 Å². The summed E-state index contributed by atoms with van der Waals surface area (Å²) in [5.41, 5.74) is 2.85. The van der Waals surface area contributed by atoms with Gasteiger partial charge in [-0.25, -0.2) is 0 Å². The largest absolute Gasteiger partial charge is 0.264 e. The van der Waals surface area contributed by atoms with Gasteiger partial charge < -0.3 is 0 Å². The van der Waals surface area contributed by atoms with E-state index in [-0.39, 0.29) is 0 Å². The van der Waals surface area contributed by atoms with Crippen LogP contribution in [-0.2, 0) is 11.8 Å². The summed E-state index contributed by atoms with van der Waals surface area (Å²) in [5, 5.41) is 9.50. The van der Waals surface area contributed by atoms with E-state index in [0.29, 0.717) is 6.42 Å². The van der Waals surface area contributed by atoms with Crippen LogP contribution >= 0.6 is 0 Å². The highest BCUT2D eigenvalue weighted by Gasteiger charge is 2.26. The summed E-state index contributed by atoms with van der Waals surface area (Å²) in [6.45, 7) is 4.03. The van der Waals surface area contributed by atoms with Crippen LogP contribution in [0.1, 0.15) is 23.6 Å². The average molecular weight is 236 g/mol. The zero-order valence-corrected chi connectivity index (χ0v) is 10.7. The molecule has 0 aliphatic rings. The first kappa shape index (κ1) is 12.3. The first-order chi connectivity index (χ1) is 8.64. The minimum atomic E-state index is -0.503. The van der Waals surface area contributed by atoms with E-state index in [1.807, 2.05) is 49.5 Å². The predicted octanol–water partition coefficient (Wildman–Crippen LogP) is 3.41. The first-order valence-electron chi connectivity index (χ1n) is 6.01. The number of nitriles is 1. The molecule has 0 saturated heterocycles. The van der Waals surface area contributed by atoms with E-state index in [2.05, 4.69) is 18.0 Å². The van der Waals surface area contributed by atoms with Gasteiger partial charge in [0, 0.05) is 12.4 Å². The van der Waals surface area contributed by atoms with Crippen LogP contribution < -0.4 is 0 Å². The van der Waals surface area contributed by atoms with Crippen molar-refractivity contribution >= 4 is 0 Å². The monoisotopic (exact) mass is 236 g/mol. The van der Waals surface area contributed by atoms with Crippen molar-refractivity contribution in [2.45, 2.75) is 25.7 Å². The number of aromatic nitrogens is 1. The molecule has 2 heteroatoms. The Morgan fingerprint density at radius 1 is 1.22 bits per heavy atom. The summed E-state index contributed by atoms with van der Waals surface area (Å²) >= 11 is 0. The SMILES string of the molecule is Cc1ccc(C(C)(C#N)Cc2cccnc2)cc1. The van der Waals surface area contributed by atoms with Crippen LogP contribution in [0.3, 0.4) is 0 Å². The van der Waals surface area contributed by atoms with Crippen LogP contribution in [0.5, 0.6) is 0 Å². The zero-order valence-electron chi connectivity index (χ0n) is 10.7. The Labute approximate surface area is 108 Å². The van der Waals surface area contributed by atoms with Crippen molar-refractivity contribution in [2.75, 3.05) is 0 Å². The average Bonchev–Trinajstić information content (AvgIpc) is 2.40. The maximum atomic E-state index is 9.50. The molecule has 0 bridgehead atoms. The maximum Gasteiger partial charge on any atom is 0.0835 e. The molecule has 0 saturated carbocycles. The second kappa shape index (κ2) is 5.01. The van der Waals surface area contributed by atoms with Crippen molar-refractivity contribution in [1.29, 1.82) is 5.26 Å². The van der Waals surface area contributed by atoms with E-state index >= 15 is 0 Å². The molecule has 0 amide bonds. The number of rotatable bonds is 3. The number of benzene rings is 1. The second-order valence-electron chi connectivity index (χ2n) is 4.85. The van der Waals surface area contributed by atoms with Crippen molar-refractivity contribution in [3.63, 3.8) is 0 Å². The van der Waals surface area contributed by atoms with E-state index in [1.54, 1.807) is 6.20 Å². The highest BCUT2D eigenvalue weighted by atomic mass is 14.6. The quantitative estimate of drug-likeness (QED) is 0.818. The lowest BCUT2D eigenvalue weighted by Crippen LogP contribution is -2.22. The number of nitrogens with zero attached hydrogens (tertiary/aromatic N) is 2. The molecular weight excluding hydrogens is 220 g/mol. The van der Waals surface area contributed by atoms with Crippen LogP contribution in [0.2, 0.25) is 0 Å². The van der Waals surface area contributed by atoms with E-state index < -0.39 is 5.41 Å². The third-order valence-electron chi connectivity index (χ3n) is 3.22. The van der Waals surface area contributed by atoms with Crippen LogP contribution in [0.15, 0.2) is 48.8 Å². The summed E-state index contributed by atoms with van der Waals surface area (Å²) in [6, 6.07) is 14.5. The lowest BCUT2D eigenvalue weighted by atomic mass is 9.79. The lowest BCUT2D eigenvalue weighted by Gasteiger charge is -2.22. The minimum absolute atomic E-state index is 0.503. The van der Waals surface area contributed by atoms with Crippen LogP contribution in [0.25, 0.3) is 0 Å². The highest BCUT2D eigenvalue weighted by Crippen LogP contribution is 2.27. The molecule has 90 valence electrons. The molecule has 2 aromatic rings. The molecule has 1 unspecified atom stereocenters. The van der Waals surface area contributed by atoms with Gasteiger partial charge in [-0.05, 0) is 37.5 Å². The molecule has 0 fully saturated rings. The molecule has 1 heterocycles. The fraction of sp³-hybridized carbons (Fsp3) is 0.250. The van der Waals surface area contributed by atoms with Crippen LogP contribution in [0, 0.1) is 18.3 Å². The third kappa shape index (κ3) is 2.57. The van der Waals surface area contributed by atoms with Crippen LogP contribution in [-0.4, -0.2) is 4.98 Å². The Balaban J connectivity index is 2.32. The van der Waals surface area contributed by atoms with Gasteiger partial charge >= 0.3 is 0 Å². The summed E-state index contributed by atoms with van der Waals surface area (Å²) in [4.78, 5) is 4.10. The first-order valence-corrected chi connectivity index (χ1v) is 6.01. The number of aryl methyl sites for hydroxylation is 1. The van der Waals surface area contributed by atoms with Gasteiger partial charge in [-0.3, -0.25) is 4.98 Å².